The van der Waals surface area contributed by atoms with Crippen molar-refractivity contribution >= 4 is 15.7 Å². The lowest BCUT2D eigenvalue weighted by Gasteiger charge is -2.36. The second-order valence-electron chi connectivity index (χ2n) is 5.06. The van der Waals surface area contributed by atoms with Crippen molar-refractivity contribution in [2.24, 2.45) is 0 Å². The molecule has 0 saturated heterocycles. The number of benzene rings is 1. The zero-order valence-electron chi connectivity index (χ0n) is 11.5. The Bertz CT molecular complexity index is 613. The second kappa shape index (κ2) is 6.50. The van der Waals surface area contributed by atoms with E-state index in [0.717, 1.165) is 19.3 Å². The summed E-state index contributed by atoms with van der Waals surface area (Å²) in [6.45, 7) is -0.222. The third kappa shape index (κ3) is 3.58. The van der Waals surface area contributed by atoms with E-state index in [9.17, 15) is 18.5 Å². The molecule has 1 saturated carbocycles. The van der Waals surface area contributed by atoms with Gasteiger partial charge in [-0.1, -0.05) is 24.6 Å². The first-order valence-corrected chi connectivity index (χ1v) is 8.39. The Labute approximate surface area is 123 Å². The van der Waals surface area contributed by atoms with Crippen molar-refractivity contribution in [3.05, 3.63) is 39.9 Å². The molecule has 7 nitrogen and oxygen atoms in total. The van der Waals surface area contributed by atoms with E-state index in [4.69, 9.17) is 5.11 Å². The fourth-order valence-electron chi connectivity index (χ4n) is 2.41. The van der Waals surface area contributed by atoms with Crippen LogP contribution >= 0.6 is 0 Å². The third-order valence-electron chi connectivity index (χ3n) is 3.69. The largest absolute Gasteiger partial charge is 0.395 e. The fraction of sp³-hybridized carbons (Fsp3) is 0.538. The van der Waals surface area contributed by atoms with Crippen LogP contribution < -0.4 is 0 Å². The van der Waals surface area contributed by atoms with Gasteiger partial charge in [0.1, 0.15) is 0 Å². The number of rotatable bonds is 7. The van der Waals surface area contributed by atoms with E-state index in [1.54, 1.807) is 6.07 Å². The van der Waals surface area contributed by atoms with Gasteiger partial charge in [-0.05, 0) is 12.8 Å². The summed E-state index contributed by atoms with van der Waals surface area (Å²) in [4.78, 5) is 10.4. The standard InChI is InChI=1S/C13H18N2O5S/c16-9-8-14(12-5-3-6-12)21(19,20)10-11-4-1-2-7-13(11)15(17)18/h1-2,4,7,12,16H,3,5-6,8-10H2. The van der Waals surface area contributed by atoms with Crippen LogP contribution in [0, 0.1) is 10.1 Å². The van der Waals surface area contributed by atoms with Crippen LogP contribution in [0.2, 0.25) is 0 Å². The minimum Gasteiger partial charge on any atom is -0.395 e. The first-order valence-electron chi connectivity index (χ1n) is 6.78. The van der Waals surface area contributed by atoms with Gasteiger partial charge < -0.3 is 5.11 Å². The Hall–Kier alpha value is -1.51. The van der Waals surface area contributed by atoms with Crippen molar-refractivity contribution in [1.29, 1.82) is 0 Å². The smallest absolute Gasteiger partial charge is 0.273 e. The van der Waals surface area contributed by atoms with Crippen molar-refractivity contribution in [3.8, 4) is 0 Å². The van der Waals surface area contributed by atoms with Gasteiger partial charge in [0, 0.05) is 24.2 Å². The van der Waals surface area contributed by atoms with Gasteiger partial charge in [-0.3, -0.25) is 10.1 Å². The van der Waals surface area contributed by atoms with Gasteiger partial charge in [0.05, 0.1) is 17.3 Å². The van der Waals surface area contributed by atoms with Gasteiger partial charge in [0.25, 0.3) is 5.69 Å². The van der Waals surface area contributed by atoms with Crippen molar-refractivity contribution in [2.45, 2.75) is 31.1 Å². The highest BCUT2D eigenvalue weighted by Gasteiger charge is 2.34. The molecule has 0 bridgehead atoms. The van der Waals surface area contributed by atoms with Crippen molar-refractivity contribution in [2.75, 3.05) is 13.2 Å². The lowest BCUT2D eigenvalue weighted by Crippen LogP contribution is -2.46. The number of aliphatic hydroxyl groups is 1. The summed E-state index contributed by atoms with van der Waals surface area (Å²) < 4.78 is 26.3. The van der Waals surface area contributed by atoms with Crippen LogP contribution in [0.25, 0.3) is 0 Å². The Kier molecular flexibility index (Phi) is 4.92. The van der Waals surface area contributed by atoms with E-state index in [0.29, 0.717) is 0 Å². The first-order chi connectivity index (χ1) is 9.95. The molecule has 116 valence electrons. The van der Waals surface area contributed by atoms with E-state index in [2.05, 4.69) is 0 Å². The number of nitrogens with zero attached hydrogens (tertiary/aromatic N) is 2. The summed E-state index contributed by atoms with van der Waals surface area (Å²) in [7, 11) is -3.68. The maximum atomic E-state index is 12.5. The highest BCUT2D eigenvalue weighted by Crippen LogP contribution is 2.29. The summed E-state index contributed by atoms with van der Waals surface area (Å²) >= 11 is 0. The van der Waals surface area contributed by atoms with Crippen LogP contribution in [-0.2, 0) is 15.8 Å². The maximum Gasteiger partial charge on any atom is 0.273 e. The van der Waals surface area contributed by atoms with E-state index < -0.39 is 20.7 Å². The topological polar surface area (TPSA) is 101 Å². The van der Waals surface area contributed by atoms with Gasteiger partial charge in [-0.2, -0.15) is 4.31 Å². The van der Waals surface area contributed by atoms with E-state index >= 15 is 0 Å². The number of para-hydroxylation sites is 1. The molecule has 1 aromatic carbocycles. The lowest BCUT2D eigenvalue weighted by molar-refractivity contribution is -0.385. The van der Waals surface area contributed by atoms with Crippen molar-refractivity contribution < 1.29 is 18.4 Å². The Balaban J connectivity index is 2.25. The Morgan fingerprint density at radius 2 is 2.00 bits per heavy atom. The fourth-order valence-corrected chi connectivity index (χ4v) is 4.24. The van der Waals surface area contributed by atoms with Gasteiger partial charge in [-0.15, -0.1) is 0 Å². The molecular weight excluding hydrogens is 296 g/mol. The number of nitro groups is 1. The highest BCUT2D eigenvalue weighted by atomic mass is 32.2. The molecule has 0 amide bonds. The Morgan fingerprint density at radius 3 is 2.52 bits per heavy atom. The second-order valence-corrected chi connectivity index (χ2v) is 6.98. The minimum absolute atomic E-state index is 0.0353. The van der Waals surface area contributed by atoms with Crippen LogP contribution in [0.4, 0.5) is 5.69 Å². The highest BCUT2D eigenvalue weighted by molar-refractivity contribution is 7.88. The maximum absolute atomic E-state index is 12.5. The zero-order valence-corrected chi connectivity index (χ0v) is 12.3. The molecule has 1 aliphatic rings. The number of hydrogen-bond acceptors (Lipinski definition) is 5. The monoisotopic (exact) mass is 314 g/mol. The predicted octanol–water partition coefficient (Wildman–Crippen LogP) is 1.27. The third-order valence-corrected chi connectivity index (χ3v) is 5.56. The molecule has 0 aromatic heterocycles. The predicted molar refractivity (Wildman–Crippen MR) is 77.2 cm³/mol. The summed E-state index contributed by atoms with van der Waals surface area (Å²) in [6, 6.07) is 5.74. The number of nitro benzene ring substituents is 1. The molecule has 0 heterocycles. The summed E-state index contributed by atoms with van der Waals surface area (Å²) in [5.74, 6) is -0.416. The minimum atomic E-state index is -3.68. The summed E-state index contributed by atoms with van der Waals surface area (Å²) in [5.41, 5.74) is -0.0246. The number of aliphatic hydroxyl groups excluding tert-OH is 1. The Morgan fingerprint density at radius 1 is 1.33 bits per heavy atom. The van der Waals surface area contributed by atoms with Crippen molar-refractivity contribution in [1.82, 2.24) is 4.31 Å². The molecule has 1 fully saturated rings. The van der Waals surface area contributed by atoms with E-state index in [1.807, 2.05) is 0 Å². The number of sulfonamides is 1. The SMILES string of the molecule is O=[N+]([O-])c1ccccc1CS(=O)(=O)N(CCO)C1CCC1. The summed E-state index contributed by atoms with van der Waals surface area (Å²) in [6.07, 6.45) is 2.51. The van der Waals surface area contributed by atoms with Gasteiger partial charge in [-0.25, -0.2) is 8.42 Å². The van der Waals surface area contributed by atoms with Gasteiger partial charge in [0.15, 0.2) is 0 Å². The molecule has 8 heteroatoms. The van der Waals surface area contributed by atoms with Crippen LogP contribution in [0.1, 0.15) is 24.8 Å². The van der Waals surface area contributed by atoms with Crippen LogP contribution in [-0.4, -0.2) is 41.9 Å². The van der Waals surface area contributed by atoms with Crippen LogP contribution in [0.3, 0.4) is 0 Å². The molecule has 1 aliphatic carbocycles. The van der Waals surface area contributed by atoms with Gasteiger partial charge >= 0.3 is 0 Å². The van der Waals surface area contributed by atoms with Crippen molar-refractivity contribution in [3.63, 3.8) is 0 Å². The van der Waals surface area contributed by atoms with Crippen LogP contribution in [0.15, 0.2) is 24.3 Å². The molecule has 0 unspecified atom stereocenters. The first kappa shape index (κ1) is 15.9. The normalized spacial score (nSPS) is 15.9. The molecule has 1 N–H and O–H groups in total. The molecular formula is C13H18N2O5S. The lowest BCUT2D eigenvalue weighted by atomic mass is 9.93. The molecule has 0 atom stereocenters. The van der Waals surface area contributed by atoms with E-state index in [-0.39, 0.29) is 30.4 Å². The summed E-state index contributed by atoms with van der Waals surface area (Å²) in [5, 5.41) is 20.0. The quantitative estimate of drug-likeness (QED) is 0.603. The van der Waals surface area contributed by atoms with Crippen LogP contribution in [0.5, 0.6) is 0 Å². The molecule has 1 aromatic rings. The molecule has 21 heavy (non-hydrogen) atoms. The average molecular weight is 314 g/mol. The molecule has 0 radical (unpaired) electrons. The van der Waals surface area contributed by atoms with Gasteiger partial charge in [0.2, 0.25) is 10.0 Å². The zero-order chi connectivity index (χ0) is 15.5. The molecule has 0 spiro atoms. The number of hydrogen-bond donors (Lipinski definition) is 1. The molecule has 0 aliphatic heterocycles. The van der Waals surface area contributed by atoms with E-state index in [1.165, 1.54) is 22.5 Å². The molecule has 2 rings (SSSR count). The average Bonchev–Trinajstić information content (AvgIpc) is 2.36.